The minimum absolute atomic E-state index is 0.150. The number of aliphatic carboxylic acids is 1. The Labute approximate surface area is 108 Å². The summed E-state index contributed by atoms with van der Waals surface area (Å²) in [6.45, 7) is 7.60. The summed E-state index contributed by atoms with van der Waals surface area (Å²) in [5.41, 5.74) is -0.422. The third kappa shape index (κ3) is 3.45. The second kappa shape index (κ2) is 6.18. The fourth-order valence-corrected chi connectivity index (χ4v) is 2.33. The number of rotatable bonds is 8. The molecule has 5 nitrogen and oxygen atoms in total. The lowest BCUT2D eigenvalue weighted by molar-refractivity contribution is -0.140. The lowest BCUT2D eigenvalue weighted by atomic mass is 10.1. The summed E-state index contributed by atoms with van der Waals surface area (Å²) < 4.78 is 5.30. The summed E-state index contributed by atoms with van der Waals surface area (Å²) in [5, 5.41) is 11.8. The molecule has 0 aromatic heterocycles. The largest absolute Gasteiger partial charge is 0.481 e. The lowest BCUT2D eigenvalue weighted by Crippen LogP contribution is -2.28. The number of hydrogen-bond acceptors (Lipinski definition) is 3. The first-order valence-corrected chi connectivity index (χ1v) is 6.51. The highest BCUT2D eigenvalue weighted by molar-refractivity contribution is 5.91. The predicted octanol–water partition coefficient (Wildman–Crippen LogP) is 1.28. The molecule has 104 valence electrons. The van der Waals surface area contributed by atoms with Crippen molar-refractivity contribution in [1.82, 2.24) is 5.32 Å². The van der Waals surface area contributed by atoms with Gasteiger partial charge in [-0.2, -0.15) is 0 Å². The van der Waals surface area contributed by atoms with Crippen LogP contribution in [0.1, 0.15) is 33.6 Å². The molecule has 1 saturated carbocycles. The summed E-state index contributed by atoms with van der Waals surface area (Å²) in [5.74, 6) is -1.98. The van der Waals surface area contributed by atoms with Gasteiger partial charge in [0.2, 0.25) is 5.91 Å². The average Bonchev–Trinajstić information content (AvgIpc) is 2.86. The molecule has 5 heteroatoms. The van der Waals surface area contributed by atoms with Gasteiger partial charge in [0.05, 0.1) is 11.8 Å². The summed E-state index contributed by atoms with van der Waals surface area (Å²) in [6, 6.07) is 0. The van der Waals surface area contributed by atoms with Crippen molar-refractivity contribution >= 4 is 11.9 Å². The quantitative estimate of drug-likeness (QED) is 0.642. The Morgan fingerprint density at radius 2 is 1.94 bits per heavy atom. The van der Waals surface area contributed by atoms with E-state index >= 15 is 0 Å². The van der Waals surface area contributed by atoms with Crippen LogP contribution in [0.3, 0.4) is 0 Å². The molecule has 0 saturated heterocycles. The van der Waals surface area contributed by atoms with Crippen LogP contribution in [0.4, 0.5) is 0 Å². The highest BCUT2D eigenvalue weighted by Crippen LogP contribution is 2.58. The van der Waals surface area contributed by atoms with Crippen LogP contribution in [-0.2, 0) is 14.3 Å². The van der Waals surface area contributed by atoms with Crippen molar-refractivity contribution in [2.75, 3.05) is 19.8 Å². The molecule has 0 aromatic carbocycles. The number of hydrogen-bond donors (Lipinski definition) is 2. The molecule has 1 aliphatic carbocycles. The topological polar surface area (TPSA) is 75.6 Å². The van der Waals surface area contributed by atoms with E-state index in [0.29, 0.717) is 13.2 Å². The van der Waals surface area contributed by atoms with E-state index in [9.17, 15) is 9.59 Å². The molecule has 0 aromatic rings. The van der Waals surface area contributed by atoms with Crippen LogP contribution in [0, 0.1) is 17.3 Å². The van der Waals surface area contributed by atoms with Crippen LogP contribution in [0.25, 0.3) is 0 Å². The molecule has 18 heavy (non-hydrogen) atoms. The molecule has 0 heterocycles. The first-order valence-electron chi connectivity index (χ1n) is 6.51. The van der Waals surface area contributed by atoms with E-state index in [0.717, 1.165) is 19.4 Å². The number of carbonyl (C=O) groups is 2. The lowest BCUT2D eigenvalue weighted by Gasteiger charge is -2.06. The van der Waals surface area contributed by atoms with Crippen molar-refractivity contribution in [3.05, 3.63) is 0 Å². The Morgan fingerprint density at radius 3 is 2.44 bits per heavy atom. The number of carboxylic acids is 1. The van der Waals surface area contributed by atoms with Crippen molar-refractivity contribution in [1.29, 1.82) is 0 Å². The van der Waals surface area contributed by atoms with Crippen molar-refractivity contribution in [3.8, 4) is 0 Å². The molecule has 1 rings (SSSR count). The first kappa shape index (κ1) is 15.0. The number of amides is 1. The van der Waals surface area contributed by atoms with Gasteiger partial charge in [-0.25, -0.2) is 0 Å². The molecule has 0 radical (unpaired) electrons. The Bertz CT molecular complexity index is 314. The van der Waals surface area contributed by atoms with Gasteiger partial charge in [-0.05, 0) is 18.3 Å². The second-order valence-electron chi connectivity index (χ2n) is 5.37. The normalized spacial score (nSPS) is 24.6. The van der Waals surface area contributed by atoms with Crippen molar-refractivity contribution in [2.24, 2.45) is 17.3 Å². The third-order valence-electron chi connectivity index (χ3n) is 3.49. The molecule has 1 aliphatic rings. The van der Waals surface area contributed by atoms with Crippen LogP contribution in [0.2, 0.25) is 0 Å². The number of carboxylic acid groups (broad SMARTS) is 1. The maximum atomic E-state index is 11.8. The molecule has 0 aliphatic heterocycles. The number of nitrogens with one attached hydrogen (secondary N) is 1. The van der Waals surface area contributed by atoms with Gasteiger partial charge >= 0.3 is 5.97 Å². The second-order valence-corrected chi connectivity index (χ2v) is 5.37. The Balaban J connectivity index is 2.21. The van der Waals surface area contributed by atoms with E-state index in [4.69, 9.17) is 9.84 Å². The zero-order valence-electron chi connectivity index (χ0n) is 11.4. The van der Waals surface area contributed by atoms with Crippen LogP contribution in [-0.4, -0.2) is 36.7 Å². The highest BCUT2D eigenvalue weighted by atomic mass is 16.5. The SMILES string of the molecule is CCCOCCCNC(=O)C1C(C(=O)O)C1(C)C. The molecule has 2 atom stereocenters. The van der Waals surface area contributed by atoms with Crippen molar-refractivity contribution < 1.29 is 19.4 Å². The van der Waals surface area contributed by atoms with Gasteiger partial charge in [0, 0.05) is 19.8 Å². The van der Waals surface area contributed by atoms with Gasteiger partial charge in [0.25, 0.3) is 0 Å². The fraction of sp³-hybridized carbons (Fsp3) is 0.846. The minimum Gasteiger partial charge on any atom is -0.481 e. The molecule has 0 spiro atoms. The summed E-state index contributed by atoms with van der Waals surface area (Å²) >= 11 is 0. The van der Waals surface area contributed by atoms with Crippen molar-refractivity contribution in [3.63, 3.8) is 0 Å². The van der Waals surface area contributed by atoms with Crippen molar-refractivity contribution in [2.45, 2.75) is 33.6 Å². The highest BCUT2D eigenvalue weighted by Gasteiger charge is 2.65. The molecule has 2 N–H and O–H groups in total. The van der Waals surface area contributed by atoms with Crippen LogP contribution in [0.15, 0.2) is 0 Å². The van der Waals surface area contributed by atoms with Crippen LogP contribution in [0.5, 0.6) is 0 Å². The van der Waals surface area contributed by atoms with Gasteiger partial charge in [-0.1, -0.05) is 20.8 Å². The Morgan fingerprint density at radius 1 is 1.28 bits per heavy atom. The minimum atomic E-state index is -0.883. The van der Waals surface area contributed by atoms with E-state index in [2.05, 4.69) is 5.32 Å². The fourth-order valence-electron chi connectivity index (χ4n) is 2.33. The van der Waals surface area contributed by atoms with E-state index < -0.39 is 23.2 Å². The van der Waals surface area contributed by atoms with Gasteiger partial charge in [-0.3, -0.25) is 9.59 Å². The van der Waals surface area contributed by atoms with Crippen LogP contribution < -0.4 is 5.32 Å². The number of carbonyl (C=O) groups excluding carboxylic acids is 1. The van der Waals surface area contributed by atoms with Gasteiger partial charge in [0.15, 0.2) is 0 Å². The number of ether oxygens (including phenoxy) is 1. The maximum Gasteiger partial charge on any atom is 0.307 e. The zero-order chi connectivity index (χ0) is 13.8. The molecule has 1 amide bonds. The average molecular weight is 257 g/mol. The van der Waals surface area contributed by atoms with E-state index in [-0.39, 0.29) is 5.91 Å². The van der Waals surface area contributed by atoms with E-state index in [1.54, 1.807) is 0 Å². The van der Waals surface area contributed by atoms with Gasteiger partial charge < -0.3 is 15.2 Å². The zero-order valence-corrected chi connectivity index (χ0v) is 11.4. The molecule has 1 fully saturated rings. The third-order valence-corrected chi connectivity index (χ3v) is 3.49. The summed E-state index contributed by atoms with van der Waals surface area (Å²) in [7, 11) is 0. The Kier molecular flexibility index (Phi) is 5.14. The van der Waals surface area contributed by atoms with E-state index in [1.807, 2.05) is 20.8 Å². The van der Waals surface area contributed by atoms with Crippen LogP contribution >= 0.6 is 0 Å². The first-order chi connectivity index (χ1) is 8.42. The monoisotopic (exact) mass is 257 g/mol. The summed E-state index contributed by atoms with van der Waals surface area (Å²) in [4.78, 5) is 22.7. The molecular formula is C13H23NO4. The van der Waals surface area contributed by atoms with Gasteiger partial charge in [0.1, 0.15) is 0 Å². The summed E-state index contributed by atoms with van der Waals surface area (Å²) in [6.07, 6.45) is 1.75. The standard InChI is InChI=1S/C13H23NO4/c1-4-7-18-8-5-6-14-11(15)9-10(12(16)17)13(9,2)3/h9-10H,4-8H2,1-3H3,(H,14,15)(H,16,17). The maximum absolute atomic E-state index is 11.8. The van der Waals surface area contributed by atoms with E-state index in [1.165, 1.54) is 0 Å². The predicted molar refractivity (Wildman–Crippen MR) is 67.1 cm³/mol. The molecule has 2 unspecified atom stereocenters. The van der Waals surface area contributed by atoms with Gasteiger partial charge in [-0.15, -0.1) is 0 Å². The molecule has 0 bridgehead atoms. The smallest absolute Gasteiger partial charge is 0.307 e. The Hall–Kier alpha value is -1.10. The molecular weight excluding hydrogens is 234 g/mol.